The highest BCUT2D eigenvalue weighted by Gasteiger charge is 2.33. The van der Waals surface area contributed by atoms with Crippen LogP contribution in [-0.2, 0) is 4.74 Å². The zero-order valence-electron chi connectivity index (χ0n) is 5.85. The number of hydrogen-bond acceptors (Lipinski definition) is 2. The summed E-state index contributed by atoms with van der Waals surface area (Å²) in [7, 11) is 0. The maximum Gasteiger partial charge on any atom is 0.177 e. The van der Waals surface area contributed by atoms with Crippen molar-refractivity contribution in [2.75, 3.05) is 0 Å². The Kier molecular flexibility index (Phi) is 1.37. The maximum atomic E-state index is 9.01. The molecule has 1 N–H and O–H groups in total. The molecule has 0 radical (unpaired) electrons. The van der Waals surface area contributed by atoms with Crippen molar-refractivity contribution in [3.8, 4) is 0 Å². The molecule has 9 heavy (non-hydrogen) atoms. The second kappa shape index (κ2) is 1.82. The lowest BCUT2D eigenvalue weighted by Crippen LogP contribution is -2.19. The Hall–Kier alpha value is -0.340. The van der Waals surface area contributed by atoms with Crippen LogP contribution in [0.1, 0.15) is 20.3 Å². The van der Waals surface area contributed by atoms with Crippen LogP contribution in [0.15, 0.2) is 12.2 Å². The molecule has 0 aromatic carbocycles. The fourth-order valence-electron chi connectivity index (χ4n) is 1.06. The summed E-state index contributed by atoms with van der Waals surface area (Å²) in [6, 6.07) is 0. The van der Waals surface area contributed by atoms with Crippen LogP contribution in [0.5, 0.6) is 0 Å². The summed E-state index contributed by atoms with van der Waals surface area (Å²) in [6.07, 6.45) is 0.0220. The standard InChI is InChI=1S/C7H12O2/c1-5-4-7(2,3)9-6(5)8/h6,8H,1,4H2,2-3H3. The Bertz CT molecular complexity index is 138. The Morgan fingerprint density at radius 1 is 1.78 bits per heavy atom. The third kappa shape index (κ3) is 1.32. The number of hydrogen-bond donors (Lipinski definition) is 1. The molecule has 2 heteroatoms. The lowest BCUT2D eigenvalue weighted by Gasteiger charge is -2.15. The summed E-state index contributed by atoms with van der Waals surface area (Å²) >= 11 is 0. The third-order valence-electron chi connectivity index (χ3n) is 1.43. The Morgan fingerprint density at radius 2 is 2.33 bits per heavy atom. The van der Waals surface area contributed by atoms with Gasteiger partial charge in [-0.1, -0.05) is 6.58 Å². The van der Waals surface area contributed by atoms with Crippen LogP contribution in [0.3, 0.4) is 0 Å². The molecule has 0 aromatic rings. The molecule has 0 saturated carbocycles. The van der Waals surface area contributed by atoms with Crippen molar-refractivity contribution in [2.45, 2.75) is 32.2 Å². The lowest BCUT2D eigenvalue weighted by atomic mass is 10.0. The molecule has 0 aliphatic carbocycles. The Morgan fingerprint density at radius 3 is 2.44 bits per heavy atom. The van der Waals surface area contributed by atoms with Gasteiger partial charge in [-0.15, -0.1) is 0 Å². The van der Waals surface area contributed by atoms with Crippen molar-refractivity contribution >= 4 is 0 Å². The second-order valence-corrected chi connectivity index (χ2v) is 3.06. The summed E-state index contributed by atoms with van der Waals surface area (Å²) in [5, 5.41) is 9.01. The fraction of sp³-hybridized carbons (Fsp3) is 0.714. The summed E-state index contributed by atoms with van der Waals surface area (Å²) in [4.78, 5) is 0. The number of rotatable bonds is 0. The second-order valence-electron chi connectivity index (χ2n) is 3.06. The van der Waals surface area contributed by atoms with Crippen LogP contribution >= 0.6 is 0 Å². The molecule has 1 rings (SSSR count). The Balaban J connectivity index is 2.65. The van der Waals surface area contributed by atoms with Crippen molar-refractivity contribution in [3.63, 3.8) is 0 Å². The van der Waals surface area contributed by atoms with Gasteiger partial charge in [0.2, 0.25) is 0 Å². The van der Waals surface area contributed by atoms with E-state index in [2.05, 4.69) is 6.58 Å². The first-order valence-corrected chi connectivity index (χ1v) is 3.05. The van der Waals surface area contributed by atoms with Gasteiger partial charge in [-0.05, 0) is 19.4 Å². The maximum absolute atomic E-state index is 9.01. The third-order valence-corrected chi connectivity index (χ3v) is 1.43. The largest absolute Gasteiger partial charge is 0.364 e. The summed E-state index contributed by atoms with van der Waals surface area (Å²) in [5.74, 6) is 0. The molecule has 1 atom stereocenters. The molecule has 1 unspecified atom stereocenters. The van der Waals surface area contributed by atoms with Crippen LogP contribution in [0.2, 0.25) is 0 Å². The molecule has 1 saturated heterocycles. The zero-order chi connectivity index (χ0) is 7.07. The van der Waals surface area contributed by atoms with E-state index < -0.39 is 6.29 Å². The predicted octanol–water partition coefficient (Wildman–Crippen LogP) is 1.06. The van der Waals surface area contributed by atoms with E-state index in [9.17, 15) is 0 Å². The van der Waals surface area contributed by atoms with Crippen molar-refractivity contribution < 1.29 is 9.84 Å². The monoisotopic (exact) mass is 128 g/mol. The van der Waals surface area contributed by atoms with Gasteiger partial charge in [0.15, 0.2) is 6.29 Å². The molecular formula is C7H12O2. The van der Waals surface area contributed by atoms with E-state index in [1.165, 1.54) is 0 Å². The van der Waals surface area contributed by atoms with Crippen LogP contribution in [0, 0.1) is 0 Å². The smallest absolute Gasteiger partial charge is 0.177 e. The fourth-order valence-corrected chi connectivity index (χ4v) is 1.06. The molecule has 1 aliphatic rings. The minimum Gasteiger partial charge on any atom is -0.364 e. The minimum atomic E-state index is -0.736. The highest BCUT2D eigenvalue weighted by Crippen LogP contribution is 2.31. The number of aliphatic hydroxyl groups excluding tert-OH is 1. The van der Waals surface area contributed by atoms with Gasteiger partial charge in [-0.2, -0.15) is 0 Å². The van der Waals surface area contributed by atoms with Gasteiger partial charge in [0, 0.05) is 6.42 Å². The first-order valence-electron chi connectivity index (χ1n) is 3.05. The average molecular weight is 128 g/mol. The van der Waals surface area contributed by atoms with Gasteiger partial charge in [-0.25, -0.2) is 0 Å². The van der Waals surface area contributed by atoms with Crippen LogP contribution in [-0.4, -0.2) is 17.0 Å². The average Bonchev–Trinajstić information content (AvgIpc) is 1.79. The van der Waals surface area contributed by atoms with Crippen molar-refractivity contribution in [3.05, 3.63) is 12.2 Å². The highest BCUT2D eigenvalue weighted by atomic mass is 16.6. The van der Waals surface area contributed by atoms with E-state index >= 15 is 0 Å². The molecule has 0 amide bonds. The molecule has 0 spiro atoms. The Labute approximate surface area is 55.1 Å². The van der Waals surface area contributed by atoms with E-state index in [-0.39, 0.29) is 5.60 Å². The molecule has 0 bridgehead atoms. The van der Waals surface area contributed by atoms with E-state index in [0.717, 1.165) is 12.0 Å². The van der Waals surface area contributed by atoms with Gasteiger partial charge in [-0.3, -0.25) is 0 Å². The first kappa shape index (κ1) is 6.78. The molecule has 0 aromatic heterocycles. The minimum absolute atomic E-state index is 0.212. The summed E-state index contributed by atoms with van der Waals surface area (Å²) < 4.78 is 5.12. The van der Waals surface area contributed by atoms with Gasteiger partial charge in [0.25, 0.3) is 0 Å². The molecule has 1 fully saturated rings. The van der Waals surface area contributed by atoms with E-state index in [1.807, 2.05) is 13.8 Å². The van der Waals surface area contributed by atoms with Crippen LogP contribution < -0.4 is 0 Å². The molecule has 2 nitrogen and oxygen atoms in total. The topological polar surface area (TPSA) is 29.5 Å². The first-order chi connectivity index (χ1) is 4.01. The number of aliphatic hydroxyl groups is 1. The normalized spacial score (nSPS) is 33.2. The predicted molar refractivity (Wildman–Crippen MR) is 34.9 cm³/mol. The molecule has 1 aliphatic heterocycles. The van der Waals surface area contributed by atoms with E-state index in [1.54, 1.807) is 0 Å². The lowest BCUT2D eigenvalue weighted by molar-refractivity contribution is -0.112. The quantitative estimate of drug-likeness (QED) is 0.494. The van der Waals surface area contributed by atoms with Crippen LogP contribution in [0.25, 0.3) is 0 Å². The van der Waals surface area contributed by atoms with E-state index in [4.69, 9.17) is 9.84 Å². The molecular weight excluding hydrogens is 116 g/mol. The van der Waals surface area contributed by atoms with Gasteiger partial charge >= 0.3 is 0 Å². The van der Waals surface area contributed by atoms with Gasteiger partial charge < -0.3 is 9.84 Å². The summed E-state index contributed by atoms with van der Waals surface area (Å²) in [5.41, 5.74) is 0.566. The van der Waals surface area contributed by atoms with Gasteiger partial charge in [0.1, 0.15) is 0 Å². The van der Waals surface area contributed by atoms with Gasteiger partial charge in [0.05, 0.1) is 5.60 Å². The highest BCUT2D eigenvalue weighted by molar-refractivity contribution is 5.08. The van der Waals surface area contributed by atoms with E-state index in [0.29, 0.717) is 0 Å². The van der Waals surface area contributed by atoms with Crippen molar-refractivity contribution in [1.82, 2.24) is 0 Å². The molecule has 52 valence electrons. The summed E-state index contributed by atoms with van der Waals surface area (Å²) in [6.45, 7) is 7.53. The number of ether oxygens (including phenoxy) is 1. The molecule has 1 heterocycles. The SMILES string of the molecule is C=C1CC(C)(C)OC1O. The zero-order valence-corrected chi connectivity index (χ0v) is 5.85. The van der Waals surface area contributed by atoms with Crippen LogP contribution in [0.4, 0.5) is 0 Å². The van der Waals surface area contributed by atoms with Crippen molar-refractivity contribution in [2.24, 2.45) is 0 Å². The van der Waals surface area contributed by atoms with Crippen molar-refractivity contribution in [1.29, 1.82) is 0 Å².